The van der Waals surface area contributed by atoms with E-state index >= 15 is 4.39 Å². The minimum atomic E-state index is -0.893. The van der Waals surface area contributed by atoms with Gasteiger partial charge in [-0.25, -0.2) is 18.6 Å². The van der Waals surface area contributed by atoms with E-state index in [1.165, 1.54) is 22.8 Å². The van der Waals surface area contributed by atoms with Crippen LogP contribution in [0.1, 0.15) is 33.6 Å². The van der Waals surface area contributed by atoms with Gasteiger partial charge in [-0.1, -0.05) is 26.0 Å². The van der Waals surface area contributed by atoms with Crippen LogP contribution in [-0.2, 0) is 11.3 Å². The summed E-state index contributed by atoms with van der Waals surface area (Å²) in [6.07, 6.45) is 5.87. The van der Waals surface area contributed by atoms with Crippen molar-refractivity contribution >= 4 is 29.0 Å². The van der Waals surface area contributed by atoms with Crippen molar-refractivity contribution in [1.29, 1.82) is 0 Å². The number of anilines is 1. The molecule has 0 aliphatic carbocycles. The van der Waals surface area contributed by atoms with Crippen molar-refractivity contribution in [2.75, 3.05) is 24.5 Å². The minimum Gasteiger partial charge on any atom is -0.507 e. The standard InChI is InChI=1S/C30H35F2N7O3/c1-5-8-20(34-12-11-18(3)33)17-39-28-21(15-23(32)27(35-28)26-22(31)9-7-10-24(26)40)29(36-30(39)42)38-14-13-37(16-19(38)4)25(41)6-2/h6-7,9-12,15,19-20,40H,2,5,8,13-14,16-17,33H2,1,3-4H3/b18-11-,34-12?/t19-,20?/m0/s1. The number of aliphatic imine (C=N–C) groups is 1. The summed E-state index contributed by atoms with van der Waals surface area (Å²) in [5.41, 5.74) is 4.88. The van der Waals surface area contributed by atoms with Gasteiger partial charge in [0.15, 0.2) is 5.82 Å². The Bertz CT molecular complexity index is 1590. The number of phenols is 1. The van der Waals surface area contributed by atoms with Gasteiger partial charge < -0.3 is 20.6 Å². The number of pyridine rings is 1. The Labute approximate surface area is 242 Å². The van der Waals surface area contributed by atoms with Crippen LogP contribution in [0.5, 0.6) is 5.75 Å². The summed E-state index contributed by atoms with van der Waals surface area (Å²) in [5, 5.41) is 10.6. The molecule has 2 aromatic heterocycles. The monoisotopic (exact) mass is 579 g/mol. The number of carbonyl (C=O) groups excluding carboxylic acids is 1. The molecule has 3 N–H and O–H groups in total. The van der Waals surface area contributed by atoms with Crippen LogP contribution in [0, 0.1) is 11.6 Å². The zero-order valence-corrected chi connectivity index (χ0v) is 23.9. The predicted octanol–water partition coefficient (Wildman–Crippen LogP) is 3.77. The van der Waals surface area contributed by atoms with Crippen molar-refractivity contribution in [3.63, 3.8) is 0 Å². The largest absolute Gasteiger partial charge is 0.507 e. The van der Waals surface area contributed by atoms with E-state index in [2.05, 4.69) is 21.5 Å². The lowest BCUT2D eigenvalue weighted by molar-refractivity contribution is -0.126. The maximum atomic E-state index is 15.7. The van der Waals surface area contributed by atoms with Gasteiger partial charge in [0.2, 0.25) is 5.91 Å². The number of benzene rings is 1. The van der Waals surface area contributed by atoms with E-state index in [-0.39, 0.29) is 41.4 Å². The quantitative estimate of drug-likeness (QED) is 0.292. The van der Waals surface area contributed by atoms with Crippen molar-refractivity contribution in [3.8, 4) is 17.0 Å². The summed E-state index contributed by atoms with van der Waals surface area (Å²) >= 11 is 0. The molecule has 1 fully saturated rings. The lowest BCUT2D eigenvalue weighted by Crippen LogP contribution is -2.54. The molecule has 4 rings (SSSR count). The average molecular weight is 580 g/mol. The number of allylic oxidation sites excluding steroid dienone is 2. The van der Waals surface area contributed by atoms with Crippen molar-refractivity contribution < 1.29 is 18.7 Å². The molecule has 3 heterocycles. The first kappa shape index (κ1) is 30.4. The van der Waals surface area contributed by atoms with E-state index in [0.717, 1.165) is 18.6 Å². The van der Waals surface area contributed by atoms with Crippen molar-refractivity contribution in [2.45, 2.75) is 52.2 Å². The second-order valence-electron chi connectivity index (χ2n) is 10.3. The Morgan fingerprint density at radius 2 is 2.05 bits per heavy atom. The number of hydrogen-bond donors (Lipinski definition) is 2. The number of nitrogens with two attached hydrogens (primary N) is 1. The molecular formula is C30H35F2N7O3. The van der Waals surface area contributed by atoms with Gasteiger partial charge in [0.1, 0.15) is 28.7 Å². The summed E-state index contributed by atoms with van der Waals surface area (Å²) in [4.78, 5) is 42.6. The number of nitrogens with zero attached hydrogens (tertiary/aromatic N) is 6. The molecule has 0 radical (unpaired) electrons. The van der Waals surface area contributed by atoms with Gasteiger partial charge in [0.25, 0.3) is 0 Å². The summed E-state index contributed by atoms with van der Waals surface area (Å²) in [5.74, 6) is -2.25. The molecule has 1 aliphatic heterocycles. The van der Waals surface area contributed by atoms with Crippen LogP contribution >= 0.6 is 0 Å². The molecule has 1 aromatic carbocycles. The van der Waals surface area contributed by atoms with Crippen molar-refractivity contribution in [3.05, 3.63) is 70.8 Å². The normalized spacial score (nSPS) is 16.8. The Morgan fingerprint density at radius 1 is 1.29 bits per heavy atom. The number of rotatable bonds is 9. The molecule has 1 amide bonds. The van der Waals surface area contributed by atoms with Crippen molar-refractivity contribution in [2.24, 2.45) is 10.7 Å². The summed E-state index contributed by atoms with van der Waals surface area (Å²) < 4.78 is 31.8. The molecule has 0 spiro atoms. The Kier molecular flexibility index (Phi) is 9.34. The topological polar surface area (TPSA) is 130 Å². The van der Waals surface area contributed by atoms with Gasteiger partial charge >= 0.3 is 5.69 Å². The number of amides is 1. The van der Waals surface area contributed by atoms with Crippen LogP contribution in [0.2, 0.25) is 0 Å². The van der Waals surface area contributed by atoms with Gasteiger partial charge in [-0.3, -0.25) is 14.4 Å². The fraction of sp³-hybridized carbons (Fsp3) is 0.367. The second-order valence-corrected chi connectivity index (χ2v) is 10.3. The highest BCUT2D eigenvalue weighted by Gasteiger charge is 2.30. The molecule has 222 valence electrons. The molecule has 0 bridgehead atoms. The molecule has 1 saturated heterocycles. The molecule has 3 aromatic rings. The molecular weight excluding hydrogens is 544 g/mol. The summed E-state index contributed by atoms with van der Waals surface area (Å²) in [6.45, 7) is 10.2. The highest BCUT2D eigenvalue weighted by molar-refractivity contribution is 5.90. The number of carbonyl (C=O) groups is 1. The molecule has 42 heavy (non-hydrogen) atoms. The van der Waals surface area contributed by atoms with E-state index in [9.17, 15) is 19.1 Å². The smallest absolute Gasteiger partial charge is 0.351 e. The summed E-state index contributed by atoms with van der Waals surface area (Å²) in [7, 11) is 0. The van der Waals surface area contributed by atoms with Crippen LogP contribution in [0.4, 0.5) is 14.6 Å². The Balaban J connectivity index is 1.92. The third-order valence-electron chi connectivity index (χ3n) is 7.15. The average Bonchev–Trinajstić information content (AvgIpc) is 2.94. The Hall–Kier alpha value is -4.61. The highest BCUT2D eigenvalue weighted by atomic mass is 19.1. The van der Waals surface area contributed by atoms with Gasteiger partial charge in [-0.05, 0) is 50.6 Å². The van der Waals surface area contributed by atoms with Crippen LogP contribution < -0.4 is 16.3 Å². The third-order valence-corrected chi connectivity index (χ3v) is 7.15. The zero-order valence-electron chi connectivity index (χ0n) is 23.9. The molecule has 2 atom stereocenters. The second kappa shape index (κ2) is 12.9. The third kappa shape index (κ3) is 6.32. The van der Waals surface area contributed by atoms with Crippen LogP contribution in [0.15, 0.2) is 58.5 Å². The Morgan fingerprint density at radius 3 is 2.69 bits per heavy atom. The first-order valence-electron chi connectivity index (χ1n) is 13.8. The number of phenolic OH excluding ortho intramolecular Hbond substituents is 1. The molecule has 10 nitrogen and oxygen atoms in total. The first-order chi connectivity index (χ1) is 20.0. The van der Waals surface area contributed by atoms with Gasteiger partial charge in [0, 0.05) is 37.6 Å². The van der Waals surface area contributed by atoms with Crippen LogP contribution in [0.25, 0.3) is 22.3 Å². The highest BCUT2D eigenvalue weighted by Crippen LogP contribution is 2.35. The first-order valence-corrected chi connectivity index (χ1v) is 13.8. The molecule has 1 aliphatic rings. The maximum Gasteiger partial charge on any atom is 0.351 e. The molecule has 1 unspecified atom stereocenters. The van der Waals surface area contributed by atoms with Gasteiger partial charge in [0.05, 0.1) is 23.5 Å². The van der Waals surface area contributed by atoms with Crippen molar-refractivity contribution in [1.82, 2.24) is 19.4 Å². The molecule has 0 saturated carbocycles. The predicted molar refractivity (Wildman–Crippen MR) is 160 cm³/mol. The lowest BCUT2D eigenvalue weighted by atomic mass is 10.1. The number of piperazine rings is 1. The fourth-order valence-corrected chi connectivity index (χ4v) is 5.10. The number of aromatic nitrogens is 3. The number of hydrogen-bond acceptors (Lipinski definition) is 8. The number of aromatic hydroxyl groups is 1. The lowest BCUT2D eigenvalue weighted by Gasteiger charge is -2.40. The maximum absolute atomic E-state index is 15.7. The molecule has 12 heteroatoms. The van der Waals surface area contributed by atoms with Gasteiger partial charge in [-0.15, -0.1) is 0 Å². The number of fused-ring (bicyclic) bond motifs is 1. The van der Waals surface area contributed by atoms with E-state index in [0.29, 0.717) is 31.8 Å². The van der Waals surface area contributed by atoms with E-state index in [4.69, 9.17) is 5.73 Å². The van der Waals surface area contributed by atoms with E-state index < -0.39 is 34.3 Å². The van der Waals surface area contributed by atoms with E-state index in [1.807, 2.05) is 18.7 Å². The minimum absolute atomic E-state index is 0.0719. The summed E-state index contributed by atoms with van der Waals surface area (Å²) in [6, 6.07) is 4.16. The SMILES string of the molecule is C=CC(=O)N1CCN(c2nc(=O)n(CC(CCC)N=C/C=C(/C)N)c3nc(-c4c(O)cccc4F)c(F)cc23)[C@@H](C)C1. The fourth-order valence-electron chi connectivity index (χ4n) is 5.10. The van der Waals surface area contributed by atoms with Gasteiger partial charge in [-0.2, -0.15) is 4.98 Å². The van der Waals surface area contributed by atoms with Crippen LogP contribution in [0.3, 0.4) is 0 Å². The number of halogens is 2. The van der Waals surface area contributed by atoms with E-state index in [1.54, 1.807) is 24.1 Å². The van der Waals surface area contributed by atoms with Crippen LogP contribution in [-0.4, -0.2) is 68.4 Å². The zero-order chi connectivity index (χ0) is 30.6.